The molecule has 1 fully saturated rings. The van der Waals surface area contributed by atoms with Crippen LogP contribution in [-0.4, -0.2) is 29.8 Å². The van der Waals surface area contributed by atoms with Gasteiger partial charge in [0.2, 0.25) is 0 Å². The third-order valence-electron chi connectivity index (χ3n) is 4.13. The number of nitrogens with zero attached hydrogens (tertiary/aromatic N) is 1. The first kappa shape index (κ1) is 16.2. The fourth-order valence-corrected chi connectivity index (χ4v) is 2.78. The van der Waals surface area contributed by atoms with Crippen molar-refractivity contribution in [2.75, 3.05) is 13.1 Å². The minimum absolute atomic E-state index is 0.0271. The molecule has 0 unspecified atom stereocenters. The predicted molar refractivity (Wildman–Crippen MR) is 89.1 cm³/mol. The number of likely N-dealkylation sites (tertiary alicyclic amines) is 1. The summed E-state index contributed by atoms with van der Waals surface area (Å²) in [6, 6.07) is 12.7. The second-order valence-corrected chi connectivity index (χ2v) is 5.89. The number of hydrogen-bond acceptors (Lipinski definition) is 2. The van der Waals surface area contributed by atoms with Gasteiger partial charge in [-0.05, 0) is 48.7 Å². The Morgan fingerprint density at radius 3 is 2.38 bits per heavy atom. The molecule has 1 saturated heterocycles. The highest BCUT2D eigenvalue weighted by atomic mass is 19.1. The number of carbonyl (C=O) groups excluding carboxylic acids is 2. The molecule has 0 atom stereocenters. The van der Waals surface area contributed by atoms with Gasteiger partial charge >= 0.3 is 0 Å². The topological polar surface area (TPSA) is 49.4 Å². The van der Waals surface area contributed by atoms with E-state index >= 15 is 0 Å². The number of halogens is 1. The van der Waals surface area contributed by atoms with Crippen LogP contribution in [0.25, 0.3) is 0 Å². The summed E-state index contributed by atoms with van der Waals surface area (Å²) in [5.41, 5.74) is 1.79. The van der Waals surface area contributed by atoms with Gasteiger partial charge in [-0.3, -0.25) is 9.59 Å². The summed E-state index contributed by atoms with van der Waals surface area (Å²) in [6.07, 6.45) is 2.06. The Balaban J connectivity index is 1.65. The average Bonchev–Trinajstić information content (AvgIpc) is 3.15. The monoisotopic (exact) mass is 326 g/mol. The van der Waals surface area contributed by atoms with E-state index in [0.717, 1.165) is 31.5 Å². The van der Waals surface area contributed by atoms with Gasteiger partial charge in [0.1, 0.15) is 5.82 Å². The molecular weight excluding hydrogens is 307 g/mol. The zero-order chi connectivity index (χ0) is 16.9. The summed E-state index contributed by atoms with van der Waals surface area (Å²) < 4.78 is 12.9. The molecule has 124 valence electrons. The number of rotatable bonds is 4. The van der Waals surface area contributed by atoms with E-state index in [4.69, 9.17) is 0 Å². The molecule has 1 heterocycles. The molecule has 1 N–H and O–H groups in total. The Morgan fingerprint density at radius 2 is 1.67 bits per heavy atom. The normalized spacial score (nSPS) is 13.8. The quantitative estimate of drug-likeness (QED) is 0.939. The van der Waals surface area contributed by atoms with E-state index < -0.39 is 0 Å². The van der Waals surface area contributed by atoms with Crippen LogP contribution in [0.5, 0.6) is 0 Å². The lowest BCUT2D eigenvalue weighted by Crippen LogP contribution is -2.28. The number of hydrogen-bond donors (Lipinski definition) is 1. The Bertz CT molecular complexity index is 737. The molecule has 3 rings (SSSR count). The van der Waals surface area contributed by atoms with Crippen molar-refractivity contribution in [1.29, 1.82) is 0 Å². The van der Waals surface area contributed by atoms with Crippen LogP contribution in [0.15, 0.2) is 48.5 Å². The summed E-state index contributed by atoms with van der Waals surface area (Å²) in [4.78, 5) is 26.5. The fraction of sp³-hybridized carbons (Fsp3) is 0.263. The molecule has 1 aliphatic rings. The van der Waals surface area contributed by atoms with E-state index in [1.54, 1.807) is 36.4 Å². The van der Waals surface area contributed by atoms with Crippen molar-refractivity contribution >= 4 is 11.8 Å². The summed E-state index contributed by atoms with van der Waals surface area (Å²) in [6.45, 7) is 1.86. The minimum atomic E-state index is -0.307. The molecular formula is C19H19FN2O2. The van der Waals surface area contributed by atoms with Crippen LogP contribution < -0.4 is 5.32 Å². The standard InChI is InChI=1S/C19H19FN2O2/c20-17-8-6-14(7-9-17)13-21-18(23)15-4-3-5-16(12-15)19(24)22-10-1-2-11-22/h3-9,12H,1-2,10-11,13H2,(H,21,23). The smallest absolute Gasteiger partial charge is 0.253 e. The number of carbonyl (C=O) groups is 2. The molecule has 0 aromatic heterocycles. The molecule has 0 radical (unpaired) electrons. The first-order valence-electron chi connectivity index (χ1n) is 8.05. The Morgan fingerprint density at radius 1 is 1.00 bits per heavy atom. The van der Waals surface area contributed by atoms with Gasteiger partial charge < -0.3 is 10.2 Å². The highest BCUT2D eigenvalue weighted by molar-refractivity contribution is 5.99. The van der Waals surface area contributed by atoms with E-state index in [1.807, 2.05) is 4.90 Å². The summed E-state index contributed by atoms with van der Waals surface area (Å²) in [5.74, 6) is -0.589. The molecule has 0 saturated carbocycles. The average molecular weight is 326 g/mol. The third kappa shape index (κ3) is 3.79. The molecule has 1 aliphatic heterocycles. The highest BCUT2D eigenvalue weighted by Crippen LogP contribution is 2.14. The summed E-state index contributed by atoms with van der Waals surface area (Å²) in [7, 11) is 0. The van der Waals surface area contributed by atoms with Crippen LogP contribution in [0.1, 0.15) is 39.1 Å². The maximum atomic E-state index is 12.9. The van der Waals surface area contributed by atoms with E-state index in [0.29, 0.717) is 17.7 Å². The maximum absolute atomic E-state index is 12.9. The van der Waals surface area contributed by atoms with E-state index in [1.165, 1.54) is 12.1 Å². The first-order valence-corrected chi connectivity index (χ1v) is 8.05. The van der Waals surface area contributed by atoms with Crippen LogP contribution in [0.2, 0.25) is 0 Å². The Labute approximate surface area is 140 Å². The number of nitrogens with one attached hydrogen (secondary N) is 1. The van der Waals surface area contributed by atoms with Crippen LogP contribution in [0.4, 0.5) is 4.39 Å². The molecule has 5 heteroatoms. The van der Waals surface area contributed by atoms with Crippen molar-refractivity contribution in [3.8, 4) is 0 Å². The van der Waals surface area contributed by atoms with Gasteiger partial charge in [0.05, 0.1) is 0 Å². The highest BCUT2D eigenvalue weighted by Gasteiger charge is 2.20. The first-order chi connectivity index (χ1) is 11.6. The maximum Gasteiger partial charge on any atom is 0.253 e. The summed E-state index contributed by atoms with van der Waals surface area (Å²) in [5, 5.41) is 2.78. The molecule has 4 nitrogen and oxygen atoms in total. The van der Waals surface area contributed by atoms with Crippen LogP contribution in [0.3, 0.4) is 0 Å². The third-order valence-corrected chi connectivity index (χ3v) is 4.13. The lowest BCUT2D eigenvalue weighted by Gasteiger charge is -2.15. The minimum Gasteiger partial charge on any atom is -0.348 e. The van der Waals surface area contributed by atoms with Crippen molar-refractivity contribution in [2.24, 2.45) is 0 Å². The zero-order valence-electron chi connectivity index (χ0n) is 13.3. The Hall–Kier alpha value is -2.69. The SMILES string of the molecule is O=C(NCc1ccc(F)cc1)c1cccc(C(=O)N2CCCC2)c1. The van der Waals surface area contributed by atoms with Gasteiger partial charge in [0, 0.05) is 30.8 Å². The lowest BCUT2D eigenvalue weighted by atomic mass is 10.1. The second kappa shape index (κ2) is 7.25. The van der Waals surface area contributed by atoms with Gasteiger partial charge in [0.25, 0.3) is 11.8 Å². The van der Waals surface area contributed by atoms with E-state index in [-0.39, 0.29) is 17.6 Å². The number of amides is 2. The summed E-state index contributed by atoms with van der Waals surface area (Å²) >= 11 is 0. The van der Waals surface area contributed by atoms with Gasteiger partial charge in [-0.25, -0.2) is 4.39 Å². The van der Waals surface area contributed by atoms with Crippen LogP contribution in [-0.2, 0) is 6.54 Å². The van der Waals surface area contributed by atoms with Gasteiger partial charge in [-0.1, -0.05) is 18.2 Å². The van der Waals surface area contributed by atoms with Crippen molar-refractivity contribution in [3.05, 3.63) is 71.0 Å². The predicted octanol–water partition coefficient (Wildman–Crippen LogP) is 2.99. The van der Waals surface area contributed by atoms with Crippen molar-refractivity contribution in [2.45, 2.75) is 19.4 Å². The Kier molecular flexibility index (Phi) is 4.89. The fourth-order valence-electron chi connectivity index (χ4n) is 2.78. The van der Waals surface area contributed by atoms with Gasteiger partial charge in [0.15, 0.2) is 0 Å². The molecule has 0 aliphatic carbocycles. The van der Waals surface area contributed by atoms with Crippen molar-refractivity contribution in [1.82, 2.24) is 10.2 Å². The molecule has 0 spiro atoms. The second-order valence-electron chi connectivity index (χ2n) is 5.89. The zero-order valence-corrected chi connectivity index (χ0v) is 13.3. The molecule has 2 amide bonds. The lowest BCUT2D eigenvalue weighted by molar-refractivity contribution is 0.0793. The molecule has 2 aromatic carbocycles. The van der Waals surface area contributed by atoms with Gasteiger partial charge in [-0.2, -0.15) is 0 Å². The van der Waals surface area contributed by atoms with E-state index in [9.17, 15) is 14.0 Å². The van der Waals surface area contributed by atoms with Gasteiger partial charge in [-0.15, -0.1) is 0 Å². The molecule has 24 heavy (non-hydrogen) atoms. The largest absolute Gasteiger partial charge is 0.348 e. The molecule has 0 bridgehead atoms. The van der Waals surface area contributed by atoms with E-state index in [2.05, 4.69) is 5.32 Å². The number of benzene rings is 2. The van der Waals surface area contributed by atoms with Crippen LogP contribution in [0, 0.1) is 5.82 Å². The van der Waals surface area contributed by atoms with Crippen molar-refractivity contribution in [3.63, 3.8) is 0 Å². The van der Waals surface area contributed by atoms with Crippen LogP contribution >= 0.6 is 0 Å². The molecule has 2 aromatic rings. The van der Waals surface area contributed by atoms with Crippen molar-refractivity contribution < 1.29 is 14.0 Å².